The Morgan fingerprint density at radius 1 is 1.47 bits per heavy atom. The fourth-order valence-corrected chi connectivity index (χ4v) is 1.61. The number of amides is 1. The molecule has 94 valence electrons. The Hall–Kier alpha value is -1.45. The molecule has 0 fully saturated rings. The number of pyridine rings is 1. The van der Waals surface area contributed by atoms with E-state index in [9.17, 15) is 9.18 Å². The topological polar surface area (TPSA) is 42.0 Å². The van der Waals surface area contributed by atoms with Crippen molar-refractivity contribution in [2.24, 2.45) is 0 Å². The maximum absolute atomic E-state index is 12.8. The Labute approximate surface area is 101 Å². The minimum atomic E-state index is -0.628. The lowest BCUT2D eigenvalue weighted by Crippen LogP contribution is -2.33. The Kier molecular flexibility index (Phi) is 5.60. The number of aromatic nitrogens is 1. The van der Waals surface area contributed by atoms with Gasteiger partial charge in [-0.05, 0) is 25.5 Å². The summed E-state index contributed by atoms with van der Waals surface area (Å²) in [5.74, 6) is -0.940. The predicted molar refractivity (Wildman–Crippen MR) is 65.3 cm³/mol. The Morgan fingerprint density at radius 2 is 2.24 bits per heavy atom. The molecule has 0 aliphatic carbocycles. The van der Waals surface area contributed by atoms with Gasteiger partial charge in [0.05, 0.1) is 0 Å². The Morgan fingerprint density at radius 3 is 2.88 bits per heavy atom. The van der Waals surface area contributed by atoms with Crippen LogP contribution >= 0.6 is 0 Å². The van der Waals surface area contributed by atoms with Crippen molar-refractivity contribution < 1.29 is 9.18 Å². The van der Waals surface area contributed by atoms with E-state index in [1.54, 1.807) is 0 Å². The molecule has 0 saturated heterocycles. The van der Waals surface area contributed by atoms with Gasteiger partial charge >= 0.3 is 0 Å². The number of carbonyl (C=O) groups excluding carboxylic acids is 1. The number of rotatable bonds is 6. The summed E-state index contributed by atoms with van der Waals surface area (Å²) in [6.45, 7) is 4.09. The minimum Gasteiger partial charge on any atom is -0.348 e. The molecule has 4 heteroatoms. The average Bonchev–Trinajstić information content (AvgIpc) is 2.29. The van der Waals surface area contributed by atoms with E-state index < -0.39 is 5.95 Å². The second kappa shape index (κ2) is 6.99. The molecule has 17 heavy (non-hydrogen) atoms. The summed E-state index contributed by atoms with van der Waals surface area (Å²) in [5, 5.41) is 2.81. The zero-order valence-corrected chi connectivity index (χ0v) is 10.4. The van der Waals surface area contributed by atoms with Gasteiger partial charge in [0, 0.05) is 6.04 Å². The lowest BCUT2D eigenvalue weighted by Gasteiger charge is -2.13. The number of nitrogens with zero attached hydrogens (tertiary/aromatic N) is 1. The van der Waals surface area contributed by atoms with Crippen molar-refractivity contribution in [3.63, 3.8) is 0 Å². The van der Waals surface area contributed by atoms with E-state index >= 15 is 0 Å². The van der Waals surface area contributed by atoms with Crippen LogP contribution in [0.2, 0.25) is 0 Å². The van der Waals surface area contributed by atoms with E-state index in [1.165, 1.54) is 24.6 Å². The molecule has 0 aliphatic rings. The maximum atomic E-state index is 12.8. The fourth-order valence-electron chi connectivity index (χ4n) is 1.61. The van der Waals surface area contributed by atoms with Gasteiger partial charge in [-0.1, -0.05) is 32.3 Å². The van der Waals surface area contributed by atoms with Gasteiger partial charge in [-0.3, -0.25) is 4.79 Å². The number of hydrogen-bond acceptors (Lipinski definition) is 2. The summed E-state index contributed by atoms with van der Waals surface area (Å²) in [6.07, 6.45) is 4.36. The van der Waals surface area contributed by atoms with Crippen LogP contribution in [-0.2, 0) is 0 Å². The molecule has 1 aromatic heterocycles. The molecule has 0 aromatic carbocycles. The van der Waals surface area contributed by atoms with Gasteiger partial charge in [0.25, 0.3) is 5.91 Å². The van der Waals surface area contributed by atoms with Crippen LogP contribution in [0.5, 0.6) is 0 Å². The Bertz CT molecular complexity index is 368. The van der Waals surface area contributed by atoms with Crippen molar-refractivity contribution >= 4 is 5.91 Å². The second-order valence-corrected chi connectivity index (χ2v) is 4.22. The predicted octanol–water partition coefficient (Wildman–Crippen LogP) is 2.92. The smallest absolute Gasteiger partial charge is 0.270 e. The van der Waals surface area contributed by atoms with Crippen LogP contribution in [0.4, 0.5) is 4.39 Å². The van der Waals surface area contributed by atoms with E-state index in [1.807, 2.05) is 6.92 Å². The van der Waals surface area contributed by atoms with Gasteiger partial charge in [-0.25, -0.2) is 4.98 Å². The summed E-state index contributed by atoms with van der Waals surface area (Å²) >= 11 is 0. The Balaban J connectivity index is 2.43. The van der Waals surface area contributed by atoms with Crippen LogP contribution in [0, 0.1) is 5.95 Å². The molecule has 1 heterocycles. The van der Waals surface area contributed by atoms with Crippen molar-refractivity contribution in [2.75, 3.05) is 0 Å². The number of nitrogens with one attached hydrogen (secondary N) is 1. The molecule has 1 rings (SSSR count). The molecule has 1 amide bonds. The number of unbranched alkanes of at least 4 members (excludes halogenated alkanes) is 2. The minimum absolute atomic E-state index is 0.0964. The van der Waals surface area contributed by atoms with Gasteiger partial charge in [0.2, 0.25) is 5.95 Å². The average molecular weight is 238 g/mol. The summed E-state index contributed by atoms with van der Waals surface area (Å²) < 4.78 is 12.8. The molecule has 1 atom stereocenters. The highest BCUT2D eigenvalue weighted by atomic mass is 19.1. The van der Waals surface area contributed by atoms with Crippen molar-refractivity contribution in [1.82, 2.24) is 10.3 Å². The van der Waals surface area contributed by atoms with E-state index in [4.69, 9.17) is 0 Å². The quantitative estimate of drug-likeness (QED) is 0.611. The molecule has 1 N–H and O–H groups in total. The first-order valence-corrected chi connectivity index (χ1v) is 6.07. The van der Waals surface area contributed by atoms with Crippen LogP contribution in [0.25, 0.3) is 0 Å². The second-order valence-electron chi connectivity index (χ2n) is 4.22. The third-order valence-electron chi connectivity index (χ3n) is 2.57. The number of hydrogen-bond donors (Lipinski definition) is 1. The molecular formula is C13H19FN2O. The van der Waals surface area contributed by atoms with Gasteiger partial charge in [-0.2, -0.15) is 4.39 Å². The highest BCUT2D eigenvalue weighted by molar-refractivity contribution is 5.92. The van der Waals surface area contributed by atoms with E-state index in [0.717, 1.165) is 19.3 Å². The molecule has 1 aromatic rings. The molecule has 0 bridgehead atoms. The van der Waals surface area contributed by atoms with E-state index in [0.29, 0.717) is 0 Å². The first-order valence-electron chi connectivity index (χ1n) is 6.07. The molecular weight excluding hydrogens is 219 g/mol. The van der Waals surface area contributed by atoms with Crippen molar-refractivity contribution in [3.05, 3.63) is 29.8 Å². The first kappa shape index (κ1) is 13.6. The monoisotopic (exact) mass is 238 g/mol. The van der Waals surface area contributed by atoms with E-state index in [2.05, 4.69) is 17.2 Å². The summed E-state index contributed by atoms with van der Waals surface area (Å²) in [5.41, 5.74) is 0.132. The highest BCUT2D eigenvalue weighted by Crippen LogP contribution is 2.04. The van der Waals surface area contributed by atoms with Crippen LogP contribution in [0.1, 0.15) is 50.0 Å². The molecule has 3 nitrogen and oxygen atoms in total. The largest absolute Gasteiger partial charge is 0.348 e. The van der Waals surface area contributed by atoms with Crippen LogP contribution in [0.3, 0.4) is 0 Å². The first-order chi connectivity index (χ1) is 8.13. The molecule has 1 unspecified atom stereocenters. The lowest BCUT2D eigenvalue weighted by atomic mass is 10.1. The lowest BCUT2D eigenvalue weighted by molar-refractivity contribution is 0.0931. The normalized spacial score (nSPS) is 12.2. The highest BCUT2D eigenvalue weighted by Gasteiger charge is 2.11. The molecule has 0 saturated carbocycles. The van der Waals surface area contributed by atoms with Crippen molar-refractivity contribution in [1.29, 1.82) is 0 Å². The fraction of sp³-hybridized carbons (Fsp3) is 0.538. The zero-order chi connectivity index (χ0) is 12.7. The van der Waals surface area contributed by atoms with Gasteiger partial charge < -0.3 is 5.32 Å². The van der Waals surface area contributed by atoms with Gasteiger partial charge in [0.1, 0.15) is 5.69 Å². The van der Waals surface area contributed by atoms with Crippen LogP contribution < -0.4 is 5.32 Å². The van der Waals surface area contributed by atoms with Gasteiger partial charge in [-0.15, -0.1) is 0 Å². The van der Waals surface area contributed by atoms with E-state index in [-0.39, 0.29) is 17.6 Å². The number of halogens is 1. The summed E-state index contributed by atoms with van der Waals surface area (Å²) in [4.78, 5) is 15.2. The third-order valence-corrected chi connectivity index (χ3v) is 2.57. The molecule has 0 aliphatic heterocycles. The third kappa shape index (κ3) is 4.93. The molecule has 0 radical (unpaired) electrons. The summed E-state index contributed by atoms with van der Waals surface area (Å²) in [6, 6.07) is 4.32. The molecule has 0 spiro atoms. The standard InChI is InChI=1S/C13H19FN2O/c1-3-4-5-7-10(2)15-13(17)11-8-6-9-12(14)16-11/h6,8-10H,3-5,7H2,1-2H3,(H,15,17). The van der Waals surface area contributed by atoms with Crippen LogP contribution in [0.15, 0.2) is 18.2 Å². The number of carbonyl (C=O) groups is 1. The van der Waals surface area contributed by atoms with Crippen molar-refractivity contribution in [3.8, 4) is 0 Å². The van der Waals surface area contributed by atoms with Crippen molar-refractivity contribution in [2.45, 2.75) is 45.6 Å². The maximum Gasteiger partial charge on any atom is 0.270 e. The van der Waals surface area contributed by atoms with Gasteiger partial charge in [0.15, 0.2) is 0 Å². The summed E-state index contributed by atoms with van der Waals surface area (Å²) in [7, 11) is 0. The van der Waals surface area contributed by atoms with Crippen LogP contribution in [-0.4, -0.2) is 16.9 Å². The SMILES string of the molecule is CCCCCC(C)NC(=O)c1cccc(F)n1. The zero-order valence-electron chi connectivity index (χ0n) is 10.4.